The summed E-state index contributed by atoms with van der Waals surface area (Å²) >= 11 is 0. The summed E-state index contributed by atoms with van der Waals surface area (Å²) in [6.07, 6.45) is 4.03. The first-order valence-electron chi connectivity index (χ1n) is 10.5. The van der Waals surface area contributed by atoms with Gasteiger partial charge in [-0.2, -0.15) is 0 Å². The van der Waals surface area contributed by atoms with Crippen LogP contribution in [0.15, 0.2) is 42.5 Å². The molecule has 3 nitrogen and oxygen atoms in total. The van der Waals surface area contributed by atoms with Crippen LogP contribution in [-0.4, -0.2) is 36.5 Å². The molecule has 0 saturated heterocycles. The SMILES string of the molecule is CCCC(OCC(O)CNC(C)Cc1ccc2ccccc2c1)C(C)CC. The number of aliphatic hydroxyl groups is 1. The Hall–Kier alpha value is -1.42. The standard InChI is InChI=1S/C24H37NO2/c1-5-9-24(18(3)6-2)27-17-23(26)16-25-19(4)14-20-12-13-21-10-7-8-11-22(21)15-20/h7-8,10-13,15,18-19,23-26H,5-6,9,14,16-17H2,1-4H3. The summed E-state index contributed by atoms with van der Waals surface area (Å²) in [5.41, 5.74) is 1.32. The number of fused-ring (bicyclic) bond motifs is 1. The minimum absolute atomic E-state index is 0.254. The van der Waals surface area contributed by atoms with E-state index < -0.39 is 6.10 Å². The van der Waals surface area contributed by atoms with Crippen LogP contribution in [0.1, 0.15) is 52.5 Å². The van der Waals surface area contributed by atoms with E-state index in [1.54, 1.807) is 0 Å². The van der Waals surface area contributed by atoms with Crippen LogP contribution in [0.5, 0.6) is 0 Å². The van der Waals surface area contributed by atoms with E-state index in [0.29, 0.717) is 25.1 Å². The van der Waals surface area contributed by atoms with Gasteiger partial charge in [0.2, 0.25) is 0 Å². The second-order valence-corrected chi connectivity index (χ2v) is 7.89. The van der Waals surface area contributed by atoms with Crippen molar-refractivity contribution in [1.29, 1.82) is 0 Å². The molecule has 2 N–H and O–H groups in total. The maximum Gasteiger partial charge on any atom is 0.0897 e. The summed E-state index contributed by atoms with van der Waals surface area (Å²) < 4.78 is 6.01. The van der Waals surface area contributed by atoms with Crippen molar-refractivity contribution in [1.82, 2.24) is 5.32 Å². The quantitative estimate of drug-likeness (QED) is 0.554. The normalized spacial score (nSPS) is 16.2. The van der Waals surface area contributed by atoms with Crippen LogP contribution in [0.4, 0.5) is 0 Å². The molecule has 150 valence electrons. The van der Waals surface area contributed by atoms with E-state index in [0.717, 1.165) is 25.7 Å². The molecule has 0 heterocycles. The van der Waals surface area contributed by atoms with Crippen LogP contribution in [0.3, 0.4) is 0 Å². The van der Waals surface area contributed by atoms with Crippen LogP contribution in [0, 0.1) is 5.92 Å². The summed E-state index contributed by atoms with van der Waals surface area (Å²) in [6, 6.07) is 15.4. The lowest BCUT2D eigenvalue weighted by Crippen LogP contribution is -2.38. The second kappa shape index (κ2) is 11.4. The number of hydrogen-bond donors (Lipinski definition) is 2. The zero-order valence-corrected chi connectivity index (χ0v) is 17.4. The van der Waals surface area contributed by atoms with Crippen molar-refractivity contribution in [3.05, 3.63) is 48.0 Å². The van der Waals surface area contributed by atoms with Crippen LogP contribution < -0.4 is 5.32 Å². The van der Waals surface area contributed by atoms with Gasteiger partial charge in [-0.1, -0.05) is 76.1 Å². The minimum atomic E-state index is -0.465. The maximum atomic E-state index is 10.3. The summed E-state index contributed by atoms with van der Waals surface area (Å²) in [5, 5.41) is 16.3. The summed E-state index contributed by atoms with van der Waals surface area (Å²) in [5.74, 6) is 0.539. The fourth-order valence-electron chi connectivity index (χ4n) is 3.50. The largest absolute Gasteiger partial charge is 0.389 e. The number of nitrogens with one attached hydrogen (secondary N) is 1. The van der Waals surface area contributed by atoms with Crippen molar-refractivity contribution in [2.75, 3.05) is 13.2 Å². The lowest BCUT2D eigenvalue weighted by atomic mass is 9.98. The summed E-state index contributed by atoms with van der Waals surface area (Å²) in [7, 11) is 0. The summed E-state index contributed by atoms with van der Waals surface area (Å²) in [4.78, 5) is 0. The van der Waals surface area contributed by atoms with Crippen molar-refractivity contribution in [2.24, 2.45) is 5.92 Å². The maximum absolute atomic E-state index is 10.3. The highest BCUT2D eigenvalue weighted by molar-refractivity contribution is 5.82. The number of ether oxygens (including phenoxy) is 1. The molecule has 3 heteroatoms. The van der Waals surface area contributed by atoms with Gasteiger partial charge in [-0.3, -0.25) is 0 Å². The average Bonchev–Trinajstić information content (AvgIpc) is 2.68. The van der Waals surface area contributed by atoms with Crippen molar-refractivity contribution >= 4 is 10.8 Å². The molecule has 0 radical (unpaired) electrons. The van der Waals surface area contributed by atoms with E-state index in [1.165, 1.54) is 16.3 Å². The minimum Gasteiger partial charge on any atom is -0.389 e. The highest BCUT2D eigenvalue weighted by Gasteiger charge is 2.17. The Labute approximate surface area is 165 Å². The third-order valence-electron chi connectivity index (χ3n) is 5.41. The Kier molecular flexibility index (Phi) is 9.26. The predicted octanol–water partition coefficient (Wildman–Crippen LogP) is 4.95. The van der Waals surface area contributed by atoms with Gasteiger partial charge in [-0.25, -0.2) is 0 Å². The molecular weight excluding hydrogens is 334 g/mol. The number of hydrogen-bond acceptors (Lipinski definition) is 3. The zero-order chi connectivity index (χ0) is 19.6. The number of benzene rings is 2. The first-order valence-corrected chi connectivity index (χ1v) is 10.5. The van der Waals surface area contributed by atoms with Crippen LogP contribution >= 0.6 is 0 Å². The molecule has 2 aromatic rings. The van der Waals surface area contributed by atoms with Crippen molar-refractivity contribution in [3.8, 4) is 0 Å². The fraction of sp³-hybridized carbons (Fsp3) is 0.583. The van der Waals surface area contributed by atoms with Gasteiger partial charge < -0.3 is 15.2 Å². The van der Waals surface area contributed by atoms with E-state index in [9.17, 15) is 5.11 Å². The Morgan fingerprint density at radius 3 is 2.48 bits per heavy atom. The molecule has 0 aromatic heterocycles. The van der Waals surface area contributed by atoms with Gasteiger partial charge in [0.25, 0.3) is 0 Å². The Morgan fingerprint density at radius 1 is 1.04 bits per heavy atom. The van der Waals surface area contributed by atoms with Gasteiger partial charge in [0.1, 0.15) is 0 Å². The molecule has 0 spiro atoms. The van der Waals surface area contributed by atoms with Crippen molar-refractivity contribution < 1.29 is 9.84 Å². The lowest BCUT2D eigenvalue weighted by Gasteiger charge is -2.25. The Balaban J connectivity index is 1.75. The number of rotatable bonds is 12. The molecule has 4 unspecified atom stereocenters. The molecular formula is C24H37NO2. The van der Waals surface area contributed by atoms with Gasteiger partial charge >= 0.3 is 0 Å². The molecule has 27 heavy (non-hydrogen) atoms. The van der Waals surface area contributed by atoms with Gasteiger partial charge in [-0.05, 0) is 42.0 Å². The van der Waals surface area contributed by atoms with E-state index in [1.807, 2.05) is 0 Å². The summed E-state index contributed by atoms with van der Waals surface area (Å²) in [6.45, 7) is 9.76. The van der Waals surface area contributed by atoms with E-state index >= 15 is 0 Å². The predicted molar refractivity (Wildman–Crippen MR) is 115 cm³/mol. The molecule has 0 amide bonds. The van der Waals surface area contributed by atoms with Crippen LogP contribution in [0.25, 0.3) is 10.8 Å². The van der Waals surface area contributed by atoms with Gasteiger partial charge in [-0.15, -0.1) is 0 Å². The van der Waals surface area contributed by atoms with E-state index in [2.05, 4.69) is 75.5 Å². The van der Waals surface area contributed by atoms with Gasteiger partial charge in [0.05, 0.1) is 18.8 Å². The monoisotopic (exact) mass is 371 g/mol. The third-order valence-corrected chi connectivity index (χ3v) is 5.41. The van der Waals surface area contributed by atoms with Gasteiger partial charge in [0.15, 0.2) is 0 Å². The van der Waals surface area contributed by atoms with Crippen molar-refractivity contribution in [3.63, 3.8) is 0 Å². The highest BCUT2D eigenvalue weighted by Crippen LogP contribution is 2.18. The average molecular weight is 372 g/mol. The van der Waals surface area contributed by atoms with E-state index in [4.69, 9.17) is 4.74 Å². The Bertz CT molecular complexity index is 672. The zero-order valence-electron chi connectivity index (χ0n) is 17.4. The smallest absolute Gasteiger partial charge is 0.0897 e. The molecule has 0 aliphatic rings. The first kappa shape index (κ1) is 21.9. The second-order valence-electron chi connectivity index (χ2n) is 7.89. The molecule has 0 fully saturated rings. The third kappa shape index (κ3) is 7.25. The first-order chi connectivity index (χ1) is 13.0. The van der Waals surface area contributed by atoms with Crippen LogP contribution in [-0.2, 0) is 11.2 Å². The fourth-order valence-corrected chi connectivity index (χ4v) is 3.50. The van der Waals surface area contributed by atoms with Crippen LogP contribution in [0.2, 0.25) is 0 Å². The highest BCUT2D eigenvalue weighted by atomic mass is 16.5. The number of aliphatic hydroxyl groups excluding tert-OH is 1. The molecule has 0 saturated carbocycles. The molecule has 2 rings (SSSR count). The van der Waals surface area contributed by atoms with Crippen molar-refractivity contribution in [2.45, 2.75) is 71.6 Å². The van der Waals surface area contributed by atoms with Gasteiger partial charge in [0, 0.05) is 12.6 Å². The molecule has 4 atom stereocenters. The molecule has 0 bridgehead atoms. The van der Waals surface area contributed by atoms with E-state index in [-0.39, 0.29) is 6.10 Å². The molecule has 2 aromatic carbocycles. The molecule has 0 aliphatic carbocycles. The lowest BCUT2D eigenvalue weighted by molar-refractivity contribution is -0.0358. The Morgan fingerprint density at radius 2 is 1.78 bits per heavy atom. The topological polar surface area (TPSA) is 41.5 Å². The molecule has 0 aliphatic heterocycles.